The van der Waals surface area contributed by atoms with E-state index in [2.05, 4.69) is 51.3 Å². The van der Waals surface area contributed by atoms with E-state index in [4.69, 9.17) is 16.6 Å². The number of anilines is 3. The van der Waals surface area contributed by atoms with Gasteiger partial charge in [-0.25, -0.2) is 9.97 Å². The van der Waals surface area contributed by atoms with Gasteiger partial charge in [-0.05, 0) is 48.2 Å². The summed E-state index contributed by atoms with van der Waals surface area (Å²) in [5, 5.41) is 9.64. The second kappa shape index (κ2) is 7.39. The lowest BCUT2D eigenvalue weighted by Crippen LogP contribution is -2.02. The van der Waals surface area contributed by atoms with E-state index in [0.717, 1.165) is 45.9 Å². The molecule has 3 heterocycles. The van der Waals surface area contributed by atoms with Crippen molar-refractivity contribution in [2.75, 3.05) is 10.6 Å². The Balaban J connectivity index is 1.56. The summed E-state index contributed by atoms with van der Waals surface area (Å²) in [6.45, 7) is 2.82. The smallest absolute Gasteiger partial charge is 0.157 e. The molecule has 0 spiro atoms. The Bertz CT molecular complexity index is 1290. The van der Waals surface area contributed by atoms with Crippen LogP contribution >= 0.6 is 22.9 Å². The van der Waals surface area contributed by atoms with Gasteiger partial charge in [-0.3, -0.25) is 4.40 Å². The van der Waals surface area contributed by atoms with E-state index < -0.39 is 0 Å². The minimum atomic E-state index is 0.663. The molecule has 5 nitrogen and oxygen atoms in total. The maximum Gasteiger partial charge on any atom is 0.157 e. The van der Waals surface area contributed by atoms with E-state index in [1.807, 2.05) is 42.0 Å². The molecule has 0 saturated carbocycles. The predicted octanol–water partition coefficient (Wildman–Crippen LogP) is 6.26. The predicted molar refractivity (Wildman–Crippen MR) is 122 cm³/mol. The van der Waals surface area contributed by atoms with Crippen LogP contribution in [0, 0.1) is 6.92 Å². The minimum absolute atomic E-state index is 0.663. The number of thiophene rings is 1. The Morgan fingerprint density at radius 1 is 1.10 bits per heavy atom. The molecule has 7 heteroatoms. The van der Waals surface area contributed by atoms with E-state index >= 15 is 0 Å². The van der Waals surface area contributed by atoms with Gasteiger partial charge >= 0.3 is 0 Å². The van der Waals surface area contributed by atoms with Gasteiger partial charge in [-0.2, -0.15) is 0 Å². The van der Waals surface area contributed by atoms with Gasteiger partial charge in [0.1, 0.15) is 5.52 Å². The topological polar surface area (TPSA) is 54.2 Å². The molecule has 0 saturated heterocycles. The Labute approximate surface area is 177 Å². The molecule has 5 aromatic rings. The second-order valence-corrected chi connectivity index (χ2v) is 8.24. The molecule has 3 aromatic heterocycles. The fourth-order valence-corrected chi connectivity index (χ4v) is 4.28. The van der Waals surface area contributed by atoms with Crippen LogP contribution in [0.15, 0.2) is 66.4 Å². The zero-order valence-electron chi connectivity index (χ0n) is 15.7. The first-order valence-electron chi connectivity index (χ1n) is 9.23. The van der Waals surface area contributed by atoms with Crippen molar-refractivity contribution in [2.24, 2.45) is 0 Å². The van der Waals surface area contributed by atoms with Gasteiger partial charge in [0, 0.05) is 17.1 Å². The molecule has 0 bridgehead atoms. The van der Waals surface area contributed by atoms with Gasteiger partial charge in [0.15, 0.2) is 5.82 Å². The number of hydrogen-bond acceptors (Lipinski definition) is 5. The molecule has 5 rings (SSSR count). The summed E-state index contributed by atoms with van der Waals surface area (Å²) in [4.78, 5) is 10.5. The van der Waals surface area contributed by atoms with E-state index in [9.17, 15) is 0 Å². The van der Waals surface area contributed by atoms with E-state index in [1.165, 1.54) is 4.88 Å². The molecular weight excluding hydrogens is 402 g/mol. The molecule has 29 heavy (non-hydrogen) atoms. The van der Waals surface area contributed by atoms with Crippen LogP contribution in [0.5, 0.6) is 0 Å². The third kappa shape index (κ3) is 3.41. The number of nitrogens with one attached hydrogen (secondary N) is 2. The molecular formula is C22H18ClN5S. The Morgan fingerprint density at radius 3 is 2.86 bits per heavy atom. The van der Waals surface area contributed by atoms with Crippen LogP contribution in [0.3, 0.4) is 0 Å². The molecule has 0 atom stereocenters. The van der Waals surface area contributed by atoms with Crippen molar-refractivity contribution in [3.05, 3.63) is 81.9 Å². The molecule has 2 N–H and O–H groups in total. The minimum Gasteiger partial charge on any atom is -0.380 e. The maximum absolute atomic E-state index is 6.42. The number of halogens is 1. The van der Waals surface area contributed by atoms with Crippen molar-refractivity contribution < 1.29 is 0 Å². The fourth-order valence-electron chi connectivity index (χ4n) is 3.37. The number of aromatic nitrogens is 3. The monoisotopic (exact) mass is 419 g/mol. The second-order valence-electron chi connectivity index (χ2n) is 6.80. The highest BCUT2D eigenvalue weighted by Crippen LogP contribution is 2.31. The van der Waals surface area contributed by atoms with Gasteiger partial charge in [0.2, 0.25) is 0 Å². The number of nitrogens with zero attached hydrogens (tertiary/aromatic N) is 3. The Morgan fingerprint density at radius 2 is 2.03 bits per heavy atom. The molecule has 0 fully saturated rings. The summed E-state index contributed by atoms with van der Waals surface area (Å²) < 4.78 is 2.04. The van der Waals surface area contributed by atoms with E-state index in [1.54, 1.807) is 11.3 Å². The van der Waals surface area contributed by atoms with Crippen LogP contribution in [-0.4, -0.2) is 14.4 Å². The lowest BCUT2D eigenvalue weighted by Gasteiger charge is -2.14. The highest BCUT2D eigenvalue weighted by Gasteiger charge is 2.12. The van der Waals surface area contributed by atoms with Crippen molar-refractivity contribution in [3.8, 4) is 0 Å². The maximum atomic E-state index is 6.42. The number of aryl methyl sites for hydroxylation is 1. The number of imidazole rings is 1. The average Bonchev–Trinajstić information content (AvgIpc) is 3.41. The van der Waals surface area contributed by atoms with Crippen LogP contribution in [0.4, 0.5) is 17.2 Å². The SMILES string of the molecule is Cc1cccc(Cl)c1Nc1nc2cc(NCc3cccs3)ccc2n2cncc12. The van der Waals surface area contributed by atoms with E-state index in [0.29, 0.717) is 5.02 Å². The van der Waals surface area contributed by atoms with Crippen molar-refractivity contribution in [1.82, 2.24) is 14.4 Å². The molecule has 0 aliphatic carbocycles. The average molecular weight is 420 g/mol. The molecule has 0 aliphatic heterocycles. The van der Waals surface area contributed by atoms with Crippen LogP contribution in [0.2, 0.25) is 5.02 Å². The number of benzene rings is 2. The first-order chi connectivity index (χ1) is 14.2. The van der Waals surface area contributed by atoms with Crippen molar-refractivity contribution in [3.63, 3.8) is 0 Å². The Kier molecular flexibility index (Phi) is 4.58. The summed E-state index contributed by atoms with van der Waals surface area (Å²) in [6, 6.07) is 16.2. The first kappa shape index (κ1) is 18.0. The lowest BCUT2D eigenvalue weighted by molar-refractivity contribution is 1.17. The number of rotatable bonds is 5. The van der Waals surface area contributed by atoms with Crippen molar-refractivity contribution in [1.29, 1.82) is 0 Å². The van der Waals surface area contributed by atoms with Crippen molar-refractivity contribution in [2.45, 2.75) is 13.5 Å². The Hall–Kier alpha value is -3.09. The molecule has 0 aliphatic rings. The van der Waals surface area contributed by atoms with Gasteiger partial charge in [-0.15, -0.1) is 11.3 Å². The first-order valence-corrected chi connectivity index (χ1v) is 10.5. The third-order valence-corrected chi connectivity index (χ3v) is 6.05. The summed E-state index contributed by atoms with van der Waals surface area (Å²) in [6.07, 6.45) is 3.62. The van der Waals surface area contributed by atoms with Crippen LogP contribution in [0.25, 0.3) is 16.6 Å². The van der Waals surface area contributed by atoms with Crippen LogP contribution in [-0.2, 0) is 6.54 Å². The quantitative estimate of drug-likeness (QED) is 0.353. The van der Waals surface area contributed by atoms with Gasteiger partial charge in [-0.1, -0.05) is 29.8 Å². The fraction of sp³-hybridized carbons (Fsp3) is 0.0909. The number of hydrogen-bond donors (Lipinski definition) is 2. The highest BCUT2D eigenvalue weighted by molar-refractivity contribution is 7.09. The van der Waals surface area contributed by atoms with E-state index in [-0.39, 0.29) is 0 Å². The van der Waals surface area contributed by atoms with Crippen LogP contribution < -0.4 is 10.6 Å². The van der Waals surface area contributed by atoms with Crippen molar-refractivity contribution >= 4 is 56.7 Å². The normalized spacial score (nSPS) is 11.2. The standard InChI is InChI=1S/C22H18ClN5S/c1-14-4-2-6-17(23)21(14)27-22-20-12-24-13-28(20)19-8-7-15(10-18(19)26-22)25-11-16-5-3-9-29-16/h2-10,12-13,25H,11H2,1H3,(H,26,27). The molecule has 144 valence electrons. The third-order valence-electron chi connectivity index (χ3n) is 4.86. The summed E-state index contributed by atoms with van der Waals surface area (Å²) in [5.74, 6) is 0.724. The van der Waals surface area contributed by atoms with Gasteiger partial charge < -0.3 is 10.6 Å². The number of para-hydroxylation sites is 1. The van der Waals surface area contributed by atoms with Gasteiger partial charge in [0.05, 0.1) is 34.3 Å². The lowest BCUT2D eigenvalue weighted by atomic mass is 10.2. The largest absolute Gasteiger partial charge is 0.380 e. The zero-order valence-corrected chi connectivity index (χ0v) is 17.3. The highest BCUT2D eigenvalue weighted by atomic mass is 35.5. The van der Waals surface area contributed by atoms with Gasteiger partial charge in [0.25, 0.3) is 0 Å². The summed E-state index contributed by atoms with van der Waals surface area (Å²) >= 11 is 8.16. The molecule has 0 unspecified atom stereocenters. The molecule has 0 radical (unpaired) electrons. The summed E-state index contributed by atoms with van der Waals surface area (Å²) in [7, 11) is 0. The molecule has 0 amide bonds. The molecule has 2 aromatic carbocycles. The number of fused-ring (bicyclic) bond motifs is 3. The van der Waals surface area contributed by atoms with Crippen LogP contribution in [0.1, 0.15) is 10.4 Å². The summed E-state index contributed by atoms with van der Waals surface area (Å²) in [5.41, 5.74) is 5.72. The zero-order chi connectivity index (χ0) is 19.8.